The smallest absolute Gasteiger partial charge is 0.320 e. The number of carbonyl (C=O) groups excluding carboxylic acids is 1. The molecule has 2 amide bonds. The van der Waals surface area contributed by atoms with Gasteiger partial charge in [-0.3, -0.25) is 10.00 Å². The van der Waals surface area contributed by atoms with Crippen LogP contribution in [0.2, 0.25) is 0 Å². The van der Waals surface area contributed by atoms with Gasteiger partial charge in [0.25, 0.3) is 0 Å². The van der Waals surface area contributed by atoms with Crippen molar-refractivity contribution in [1.82, 2.24) is 15.1 Å². The fourth-order valence-electron chi connectivity index (χ4n) is 2.43. The fraction of sp³-hybridized carbons (Fsp3) is 0.412. The molecule has 1 aromatic heterocycles. The van der Waals surface area contributed by atoms with Crippen molar-refractivity contribution in [3.8, 4) is 0 Å². The van der Waals surface area contributed by atoms with E-state index < -0.39 is 0 Å². The second-order valence-electron chi connectivity index (χ2n) is 5.58. The number of hydrogen-bond acceptors (Lipinski definition) is 3. The molecule has 0 aliphatic rings. The first kappa shape index (κ1) is 17.0. The quantitative estimate of drug-likeness (QED) is 0.825. The molecule has 0 aliphatic heterocycles. The van der Waals surface area contributed by atoms with Crippen LogP contribution in [0.4, 0.5) is 10.6 Å². The highest BCUT2D eigenvalue weighted by molar-refractivity contribution is 5.88. The third-order valence-corrected chi connectivity index (χ3v) is 3.39. The van der Waals surface area contributed by atoms with E-state index in [9.17, 15) is 4.79 Å². The molecule has 0 aliphatic carbocycles. The molecule has 0 unspecified atom stereocenters. The zero-order chi connectivity index (χ0) is 16.7. The molecule has 1 aromatic carbocycles. The standard InChI is InChI=1S/C17H24N4O2/c1-13-10-14(2)12-15(11-13)4-6-18-17(22)19-16-5-7-21(20-16)8-9-23-3/h5,7,10-12H,4,6,8-9H2,1-3H3,(H2,18,19,20,22). The lowest BCUT2D eigenvalue weighted by Gasteiger charge is -2.07. The molecule has 6 heteroatoms. The van der Waals surface area contributed by atoms with Gasteiger partial charge in [0.1, 0.15) is 0 Å². The Bertz CT molecular complexity index is 632. The van der Waals surface area contributed by atoms with Gasteiger partial charge in [-0.15, -0.1) is 0 Å². The van der Waals surface area contributed by atoms with Crippen LogP contribution in [0.3, 0.4) is 0 Å². The van der Waals surface area contributed by atoms with Crippen molar-refractivity contribution in [3.63, 3.8) is 0 Å². The van der Waals surface area contributed by atoms with Crippen LogP contribution in [0.25, 0.3) is 0 Å². The normalized spacial score (nSPS) is 10.6. The number of urea groups is 1. The Hall–Kier alpha value is -2.34. The summed E-state index contributed by atoms with van der Waals surface area (Å²) in [4.78, 5) is 11.9. The number of nitrogens with one attached hydrogen (secondary N) is 2. The molecule has 2 N–H and O–H groups in total. The van der Waals surface area contributed by atoms with Crippen molar-refractivity contribution >= 4 is 11.8 Å². The van der Waals surface area contributed by atoms with E-state index >= 15 is 0 Å². The number of ether oxygens (including phenoxy) is 1. The first-order valence-electron chi connectivity index (χ1n) is 7.71. The van der Waals surface area contributed by atoms with Crippen molar-refractivity contribution < 1.29 is 9.53 Å². The van der Waals surface area contributed by atoms with Gasteiger partial charge in [-0.05, 0) is 25.8 Å². The van der Waals surface area contributed by atoms with Crippen LogP contribution in [-0.2, 0) is 17.7 Å². The van der Waals surface area contributed by atoms with Crippen molar-refractivity contribution in [2.24, 2.45) is 0 Å². The summed E-state index contributed by atoms with van der Waals surface area (Å²) in [6.45, 7) is 5.99. The lowest BCUT2D eigenvalue weighted by molar-refractivity contribution is 0.183. The van der Waals surface area contributed by atoms with Gasteiger partial charge in [0.15, 0.2) is 5.82 Å². The molecular formula is C17H24N4O2. The van der Waals surface area contributed by atoms with E-state index in [1.54, 1.807) is 17.9 Å². The number of rotatable bonds is 7. The lowest BCUT2D eigenvalue weighted by Crippen LogP contribution is -2.30. The number of hydrogen-bond donors (Lipinski definition) is 2. The SMILES string of the molecule is COCCn1ccc(NC(=O)NCCc2cc(C)cc(C)c2)n1. The summed E-state index contributed by atoms with van der Waals surface area (Å²) in [5.74, 6) is 0.532. The maximum absolute atomic E-state index is 11.9. The van der Waals surface area contributed by atoms with Crippen LogP contribution in [-0.4, -0.2) is 36.1 Å². The summed E-state index contributed by atoms with van der Waals surface area (Å²) < 4.78 is 6.72. The van der Waals surface area contributed by atoms with Crippen molar-refractivity contribution in [2.75, 3.05) is 25.6 Å². The van der Waals surface area contributed by atoms with Gasteiger partial charge >= 0.3 is 6.03 Å². The van der Waals surface area contributed by atoms with Crippen molar-refractivity contribution in [3.05, 3.63) is 47.2 Å². The van der Waals surface area contributed by atoms with Crippen LogP contribution in [0.5, 0.6) is 0 Å². The van der Waals surface area contributed by atoms with E-state index in [1.807, 2.05) is 6.20 Å². The second kappa shape index (κ2) is 8.33. The number of benzene rings is 1. The van der Waals surface area contributed by atoms with E-state index in [0.29, 0.717) is 25.5 Å². The van der Waals surface area contributed by atoms with Crippen LogP contribution >= 0.6 is 0 Å². The largest absolute Gasteiger partial charge is 0.383 e. The Labute approximate surface area is 136 Å². The third-order valence-electron chi connectivity index (χ3n) is 3.39. The second-order valence-corrected chi connectivity index (χ2v) is 5.58. The Kier molecular flexibility index (Phi) is 6.17. The molecule has 23 heavy (non-hydrogen) atoms. The Balaban J connectivity index is 1.75. The van der Waals surface area contributed by atoms with Crippen molar-refractivity contribution in [1.29, 1.82) is 0 Å². The fourth-order valence-corrected chi connectivity index (χ4v) is 2.43. The van der Waals surface area contributed by atoms with E-state index in [4.69, 9.17) is 4.74 Å². The van der Waals surface area contributed by atoms with Crippen molar-refractivity contribution in [2.45, 2.75) is 26.8 Å². The van der Waals surface area contributed by atoms with Crippen LogP contribution in [0.15, 0.2) is 30.5 Å². The van der Waals surface area contributed by atoms with Gasteiger partial charge in [-0.2, -0.15) is 5.10 Å². The summed E-state index contributed by atoms with van der Waals surface area (Å²) >= 11 is 0. The van der Waals surface area contributed by atoms with E-state index in [1.165, 1.54) is 16.7 Å². The lowest BCUT2D eigenvalue weighted by atomic mass is 10.1. The molecule has 0 fully saturated rings. The van der Waals surface area contributed by atoms with Crippen LogP contribution in [0, 0.1) is 13.8 Å². The monoisotopic (exact) mass is 316 g/mol. The molecule has 2 rings (SSSR count). The number of aromatic nitrogens is 2. The molecular weight excluding hydrogens is 292 g/mol. The number of amides is 2. The van der Waals surface area contributed by atoms with Crippen LogP contribution < -0.4 is 10.6 Å². The summed E-state index contributed by atoms with van der Waals surface area (Å²) in [5, 5.41) is 9.81. The van der Waals surface area contributed by atoms with Gasteiger partial charge in [0.2, 0.25) is 0 Å². The third kappa shape index (κ3) is 5.75. The van der Waals surface area contributed by atoms with E-state index in [0.717, 1.165) is 6.42 Å². The minimum atomic E-state index is -0.244. The topological polar surface area (TPSA) is 68.2 Å². The molecule has 0 radical (unpaired) electrons. The molecule has 0 spiro atoms. The maximum atomic E-state index is 11.9. The molecule has 0 saturated heterocycles. The number of carbonyl (C=O) groups is 1. The number of anilines is 1. The van der Waals surface area contributed by atoms with Gasteiger partial charge < -0.3 is 10.1 Å². The zero-order valence-corrected chi connectivity index (χ0v) is 13.9. The Morgan fingerprint density at radius 2 is 2.00 bits per heavy atom. The molecule has 124 valence electrons. The molecule has 6 nitrogen and oxygen atoms in total. The zero-order valence-electron chi connectivity index (χ0n) is 13.9. The van der Waals surface area contributed by atoms with Gasteiger partial charge in [-0.25, -0.2) is 4.79 Å². The average molecular weight is 316 g/mol. The Morgan fingerprint density at radius 3 is 2.70 bits per heavy atom. The van der Waals surface area contributed by atoms with E-state index in [-0.39, 0.29) is 6.03 Å². The predicted molar refractivity (Wildman–Crippen MR) is 90.7 cm³/mol. The highest BCUT2D eigenvalue weighted by Gasteiger charge is 2.04. The molecule has 2 aromatic rings. The van der Waals surface area contributed by atoms with Gasteiger partial charge in [-0.1, -0.05) is 29.3 Å². The first-order chi connectivity index (χ1) is 11.1. The summed E-state index contributed by atoms with van der Waals surface area (Å²) in [6, 6.07) is 7.95. The first-order valence-corrected chi connectivity index (χ1v) is 7.71. The number of aryl methyl sites for hydroxylation is 2. The molecule has 0 atom stereocenters. The molecule has 0 bridgehead atoms. The molecule has 1 heterocycles. The number of methoxy groups -OCH3 is 1. The summed E-state index contributed by atoms with van der Waals surface area (Å²) in [7, 11) is 1.64. The minimum Gasteiger partial charge on any atom is -0.383 e. The average Bonchev–Trinajstić information content (AvgIpc) is 2.91. The maximum Gasteiger partial charge on any atom is 0.320 e. The highest BCUT2D eigenvalue weighted by atomic mass is 16.5. The highest BCUT2D eigenvalue weighted by Crippen LogP contribution is 2.09. The predicted octanol–water partition coefficient (Wildman–Crippen LogP) is 2.51. The minimum absolute atomic E-state index is 0.244. The summed E-state index contributed by atoms with van der Waals surface area (Å²) in [5.41, 5.74) is 3.71. The van der Waals surface area contributed by atoms with Gasteiger partial charge in [0.05, 0.1) is 13.2 Å². The Morgan fingerprint density at radius 1 is 1.26 bits per heavy atom. The summed E-state index contributed by atoms with van der Waals surface area (Å²) in [6.07, 6.45) is 2.61. The van der Waals surface area contributed by atoms with Crippen LogP contribution in [0.1, 0.15) is 16.7 Å². The molecule has 0 saturated carbocycles. The van der Waals surface area contributed by atoms with Gasteiger partial charge in [0, 0.05) is 25.9 Å². The van der Waals surface area contributed by atoms with E-state index in [2.05, 4.69) is 47.8 Å². The number of nitrogens with zero attached hydrogens (tertiary/aromatic N) is 2.